The zero-order valence-electron chi connectivity index (χ0n) is 11.4. The van der Waals surface area contributed by atoms with Crippen molar-refractivity contribution in [3.8, 4) is 11.5 Å². The van der Waals surface area contributed by atoms with Crippen LogP contribution < -0.4 is 11.1 Å². The van der Waals surface area contributed by atoms with Crippen molar-refractivity contribution in [1.29, 1.82) is 0 Å². The van der Waals surface area contributed by atoms with Crippen molar-refractivity contribution < 1.29 is 10.2 Å². The molecule has 7 heteroatoms. The number of aromatic hydroxyl groups is 2. The van der Waals surface area contributed by atoms with Crippen molar-refractivity contribution in [1.82, 2.24) is 9.55 Å². The predicted octanol–water partition coefficient (Wildman–Crippen LogP) is 1.73. The van der Waals surface area contributed by atoms with E-state index >= 15 is 0 Å². The van der Waals surface area contributed by atoms with Crippen molar-refractivity contribution >= 4 is 22.9 Å². The third-order valence-electron chi connectivity index (χ3n) is 3.63. The molecule has 22 heavy (non-hydrogen) atoms. The lowest BCUT2D eigenvalue weighted by Crippen LogP contribution is -2.31. The van der Waals surface area contributed by atoms with Crippen LogP contribution in [0.4, 0.5) is 5.95 Å². The summed E-state index contributed by atoms with van der Waals surface area (Å²) >= 11 is 0. The van der Waals surface area contributed by atoms with E-state index < -0.39 is 6.17 Å². The van der Waals surface area contributed by atoms with E-state index in [0.29, 0.717) is 11.5 Å². The first-order valence-corrected chi connectivity index (χ1v) is 6.72. The molecule has 2 aromatic carbocycles. The van der Waals surface area contributed by atoms with Crippen LogP contribution in [0.5, 0.6) is 11.5 Å². The van der Waals surface area contributed by atoms with Crippen molar-refractivity contribution in [3.63, 3.8) is 0 Å². The third-order valence-corrected chi connectivity index (χ3v) is 3.63. The Morgan fingerprint density at radius 3 is 2.77 bits per heavy atom. The average Bonchev–Trinajstić information content (AvgIpc) is 2.84. The van der Waals surface area contributed by atoms with E-state index in [9.17, 15) is 10.2 Å². The number of anilines is 1. The van der Waals surface area contributed by atoms with Crippen molar-refractivity contribution in [3.05, 3.63) is 48.0 Å². The van der Waals surface area contributed by atoms with Crippen LogP contribution in [0.25, 0.3) is 11.0 Å². The van der Waals surface area contributed by atoms with Crippen molar-refractivity contribution in [2.45, 2.75) is 6.17 Å². The number of nitrogens with two attached hydrogens (primary N) is 1. The lowest BCUT2D eigenvalue weighted by atomic mass is 10.1. The molecule has 4 rings (SSSR count). The van der Waals surface area contributed by atoms with Crippen LogP contribution in [0.2, 0.25) is 0 Å². The van der Waals surface area contributed by atoms with Crippen LogP contribution in [-0.4, -0.2) is 25.7 Å². The smallest absolute Gasteiger partial charge is 0.212 e. The van der Waals surface area contributed by atoms with Crippen LogP contribution >= 0.6 is 0 Å². The van der Waals surface area contributed by atoms with Gasteiger partial charge in [-0.25, -0.2) is 9.98 Å². The maximum Gasteiger partial charge on any atom is 0.212 e. The van der Waals surface area contributed by atoms with Crippen molar-refractivity contribution in [2.75, 3.05) is 5.32 Å². The van der Waals surface area contributed by atoms with E-state index in [1.807, 2.05) is 28.8 Å². The summed E-state index contributed by atoms with van der Waals surface area (Å²) in [5.74, 6) is 0.724. The van der Waals surface area contributed by atoms with Gasteiger partial charge in [0.1, 0.15) is 11.5 Å². The number of benzene rings is 2. The Morgan fingerprint density at radius 1 is 1.14 bits per heavy atom. The molecule has 0 amide bonds. The first kappa shape index (κ1) is 12.5. The summed E-state index contributed by atoms with van der Waals surface area (Å²) in [5, 5.41) is 22.5. The molecular weight excluding hydrogens is 282 g/mol. The molecule has 1 aliphatic heterocycles. The van der Waals surface area contributed by atoms with E-state index in [4.69, 9.17) is 5.73 Å². The highest BCUT2D eigenvalue weighted by atomic mass is 16.3. The number of nitrogens with zero attached hydrogens (tertiary/aromatic N) is 3. The highest BCUT2D eigenvalue weighted by Gasteiger charge is 2.26. The van der Waals surface area contributed by atoms with Gasteiger partial charge in [-0.1, -0.05) is 12.1 Å². The monoisotopic (exact) mass is 295 g/mol. The Hall–Kier alpha value is -3.22. The molecular formula is C15H13N5O2. The van der Waals surface area contributed by atoms with Crippen LogP contribution in [0.3, 0.4) is 0 Å². The summed E-state index contributed by atoms with van der Waals surface area (Å²) < 4.78 is 1.86. The lowest BCUT2D eigenvalue weighted by Gasteiger charge is -2.24. The van der Waals surface area contributed by atoms with E-state index in [-0.39, 0.29) is 17.5 Å². The fourth-order valence-corrected chi connectivity index (χ4v) is 2.68. The van der Waals surface area contributed by atoms with E-state index in [0.717, 1.165) is 11.0 Å². The number of aliphatic imine (C=N–C) groups is 1. The highest BCUT2D eigenvalue weighted by Crippen LogP contribution is 2.36. The molecule has 110 valence electrons. The Balaban J connectivity index is 1.98. The van der Waals surface area contributed by atoms with Gasteiger partial charge in [0.25, 0.3) is 0 Å². The number of phenols is 2. The maximum absolute atomic E-state index is 10.1. The minimum absolute atomic E-state index is 0.0113. The molecule has 1 atom stereocenters. The molecule has 7 nitrogen and oxygen atoms in total. The summed E-state index contributed by atoms with van der Waals surface area (Å²) in [4.78, 5) is 8.86. The Morgan fingerprint density at radius 2 is 1.95 bits per heavy atom. The minimum atomic E-state index is -0.552. The van der Waals surface area contributed by atoms with Gasteiger partial charge < -0.3 is 15.9 Å². The van der Waals surface area contributed by atoms with Gasteiger partial charge in [0, 0.05) is 11.6 Å². The molecule has 0 spiro atoms. The molecule has 0 saturated carbocycles. The summed E-state index contributed by atoms with van der Waals surface area (Å²) in [6, 6.07) is 12.0. The molecule has 1 aromatic heterocycles. The molecule has 2 heterocycles. The standard InChI is InChI=1S/C15H13N5O2/c16-14-18-13(9-6-5-8(21)7-12(9)22)20-11-4-2-1-3-10(11)17-15(20)19-14/h1-7,13,21-22H,(H3,16,17,18,19)/t13-/m0/s1. The zero-order chi connectivity index (χ0) is 15.3. The van der Waals surface area contributed by atoms with Gasteiger partial charge in [0.15, 0.2) is 12.1 Å². The average molecular weight is 295 g/mol. The SMILES string of the molecule is NC1=N[C@H](c2ccc(O)cc2O)n2c(nc3ccccc32)N1. The normalized spacial score (nSPS) is 16.9. The molecule has 0 unspecified atom stereocenters. The van der Waals surface area contributed by atoms with Gasteiger partial charge in [0.2, 0.25) is 5.95 Å². The minimum Gasteiger partial charge on any atom is -0.508 e. The molecule has 3 aromatic rings. The second kappa shape index (κ2) is 4.39. The summed E-state index contributed by atoms with van der Waals surface area (Å²) in [6.07, 6.45) is -0.552. The molecule has 1 aliphatic rings. The lowest BCUT2D eigenvalue weighted by molar-refractivity contribution is 0.438. The van der Waals surface area contributed by atoms with Crippen LogP contribution in [0, 0.1) is 0 Å². The Kier molecular flexibility index (Phi) is 2.50. The number of fused-ring (bicyclic) bond motifs is 3. The summed E-state index contributed by atoms with van der Waals surface area (Å²) in [5.41, 5.74) is 8.05. The van der Waals surface area contributed by atoms with Gasteiger partial charge in [-0.2, -0.15) is 0 Å². The molecule has 0 aliphatic carbocycles. The quantitative estimate of drug-likeness (QED) is 0.547. The first-order chi connectivity index (χ1) is 10.6. The van der Waals surface area contributed by atoms with Gasteiger partial charge in [0.05, 0.1) is 11.0 Å². The fraction of sp³-hybridized carbons (Fsp3) is 0.0667. The highest BCUT2D eigenvalue weighted by molar-refractivity contribution is 5.94. The van der Waals surface area contributed by atoms with Crippen molar-refractivity contribution in [2.24, 2.45) is 10.7 Å². The maximum atomic E-state index is 10.1. The number of phenolic OH excluding ortho intramolecular Hbond substituents is 2. The summed E-state index contributed by atoms with van der Waals surface area (Å²) in [6.45, 7) is 0. The van der Waals surface area contributed by atoms with Crippen LogP contribution in [0.1, 0.15) is 11.7 Å². The Labute approximate surface area is 125 Å². The number of guanidine groups is 1. The van der Waals surface area contributed by atoms with E-state index in [1.54, 1.807) is 6.07 Å². The topological polar surface area (TPSA) is 109 Å². The number of rotatable bonds is 1. The number of aromatic nitrogens is 2. The molecule has 0 radical (unpaired) electrons. The Bertz CT molecular complexity index is 915. The second-order valence-corrected chi connectivity index (χ2v) is 5.05. The van der Waals surface area contributed by atoms with Gasteiger partial charge >= 0.3 is 0 Å². The first-order valence-electron chi connectivity index (χ1n) is 6.72. The number of hydrogen-bond acceptors (Lipinski definition) is 6. The van der Waals surface area contributed by atoms with E-state index in [1.165, 1.54) is 12.1 Å². The van der Waals surface area contributed by atoms with Gasteiger partial charge in [-0.05, 0) is 24.3 Å². The molecule has 0 fully saturated rings. The van der Waals surface area contributed by atoms with Gasteiger partial charge in [-0.3, -0.25) is 9.88 Å². The third kappa shape index (κ3) is 1.76. The number of para-hydroxylation sites is 2. The van der Waals surface area contributed by atoms with E-state index in [2.05, 4.69) is 15.3 Å². The summed E-state index contributed by atoms with van der Waals surface area (Å²) in [7, 11) is 0. The number of nitrogens with one attached hydrogen (secondary N) is 1. The number of imidazole rings is 1. The van der Waals surface area contributed by atoms with Crippen LogP contribution in [-0.2, 0) is 0 Å². The zero-order valence-corrected chi connectivity index (χ0v) is 11.4. The molecule has 5 N–H and O–H groups in total. The largest absolute Gasteiger partial charge is 0.508 e. The van der Waals surface area contributed by atoms with Gasteiger partial charge in [-0.15, -0.1) is 0 Å². The molecule has 0 bridgehead atoms. The fourth-order valence-electron chi connectivity index (χ4n) is 2.68. The second-order valence-electron chi connectivity index (χ2n) is 5.05. The molecule has 0 saturated heterocycles. The predicted molar refractivity (Wildman–Crippen MR) is 82.9 cm³/mol. The number of hydrogen-bond donors (Lipinski definition) is 4. The van der Waals surface area contributed by atoms with Crippen LogP contribution in [0.15, 0.2) is 47.5 Å².